The molecule has 0 spiro atoms. The normalized spacial score (nSPS) is 10.1. The van der Waals surface area contributed by atoms with Gasteiger partial charge in [0.05, 0.1) is 11.9 Å². The first-order valence-corrected chi connectivity index (χ1v) is 4.28. The van der Waals surface area contributed by atoms with Crippen molar-refractivity contribution < 1.29 is 0 Å². The molecule has 0 unspecified atom stereocenters. The summed E-state index contributed by atoms with van der Waals surface area (Å²) in [6.45, 7) is 0. The number of nitrogens with zero attached hydrogens (tertiary/aromatic N) is 2. The molecule has 0 radical (unpaired) electrons. The van der Waals surface area contributed by atoms with E-state index in [1.54, 1.807) is 17.1 Å². The van der Waals surface area contributed by atoms with Gasteiger partial charge in [0, 0.05) is 12.4 Å². The van der Waals surface area contributed by atoms with Crippen molar-refractivity contribution in [3.63, 3.8) is 0 Å². The van der Waals surface area contributed by atoms with Crippen LogP contribution >= 0.6 is 11.6 Å². The molecule has 0 aliphatic carbocycles. The topological polar surface area (TPSA) is 62.7 Å². The Balaban J connectivity index is 2.34. The van der Waals surface area contributed by atoms with E-state index < -0.39 is 5.56 Å². The number of hydrogen-bond acceptors (Lipinski definition) is 3. The fourth-order valence-corrected chi connectivity index (χ4v) is 1.14. The van der Waals surface area contributed by atoms with E-state index in [0.29, 0.717) is 5.69 Å². The summed E-state index contributed by atoms with van der Waals surface area (Å²) in [5.74, 6) is 0. The molecule has 0 bridgehead atoms. The Hall–Kier alpha value is -1.75. The van der Waals surface area contributed by atoms with Gasteiger partial charge in [-0.3, -0.25) is 14.9 Å². The average molecular weight is 211 g/mol. The third-order valence-electron chi connectivity index (χ3n) is 1.65. The van der Waals surface area contributed by atoms with Gasteiger partial charge in [0.2, 0.25) is 0 Å². The molecule has 5 nitrogen and oxygen atoms in total. The van der Waals surface area contributed by atoms with Crippen molar-refractivity contribution in [3.05, 3.63) is 46.1 Å². The molecule has 0 saturated carbocycles. The van der Waals surface area contributed by atoms with Crippen molar-refractivity contribution in [3.8, 4) is 0 Å². The number of anilines is 1. The molecule has 0 atom stereocenters. The van der Waals surface area contributed by atoms with Crippen molar-refractivity contribution in [2.75, 3.05) is 5.43 Å². The fourth-order valence-electron chi connectivity index (χ4n) is 1.01. The molecule has 0 fully saturated rings. The molecular formula is C8H7ClN4O. The summed E-state index contributed by atoms with van der Waals surface area (Å²) in [5.41, 5.74) is 2.95. The predicted octanol–water partition coefficient (Wildman–Crippen LogP) is 1.10. The zero-order chi connectivity index (χ0) is 9.97. The molecule has 0 aromatic carbocycles. The van der Waals surface area contributed by atoms with Crippen molar-refractivity contribution in [2.45, 2.75) is 0 Å². The summed E-state index contributed by atoms with van der Waals surface area (Å²) in [5, 5.41) is 5.95. The van der Waals surface area contributed by atoms with Gasteiger partial charge >= 0.3 is 0 Å². The number of halogens is 1. The highest BCUT2D eigenvalue weighted by atomic mass is 35.5. The van der Waals surface area contributed by atoms with Gasteiger partial charge in [0.1, 0.15) is 5.02 Å². The van der Waals surface area contributed by atoms with Crippen LogP contribution in [0, 0.1) is 0 Å². The lowest BCUT2D eigenvalue weighted by Gasteiger charge is -2.06. The van der Waals surface area contributed by atoms with Crippen molar-refractivity contribution in [2.24, 2.45) is 0 Å². The summed E-state index contributed by atoms with van der Waals surface area (Å²) in [4.78, 5) is 11.1. The molecule has 2 rings (SSSR count). The minimum absolute atomic E-state index is 0.0914. The second kappa shape index (κ2) is 3.55. The highest BCUT2D eigenvalue weighted by Gasteiger charge is 2.03. The van der Waals surface area contributed by atoms with Crippen molar-refractivity contribution in [1.29, 1.82) is 0 Å². The Bertz CT molecular complexity index is 476. The summed E-state index contributed by atoms with van der Waals surface area (Å²) in [7, 11) is 0. The maximum absolute atomic E-state index is 11.1. The van der Waals surface area contributed by atoms with E-state index in [0.717, 1.165) is 0 Å². The number of aromatic nitrogens is 3. The van der Waals surface area contributed by atoms with Crippen LogP contribution in [0.15, 0.2) is 35.5 Å². The molecular weight excluding hydrogens is 204 g/mol. The molecule has 14 heavy (non-hydrogen) atoms. The van der Waals surface area contributed by atoms with Crippen molar-refractivity contribution >= 4 is 17.3 Å². The molecule has 0 saturated heterocycles. The molecule has 2 aromatic heterocycles. The summed E-state index contributed by atoms with van der Waals surface area (Å²) < 4.78 is 1.67. The highest BCUT2D eigenvalue weighted by molar-refractivity contribution is 6.32. The smallest absolute Gasteiger partial charge is 0.285 e. The first-order valence-electron chi connectivity index (χ1n) is 3.90. The van der Waals surface area contributed by atoms with Crippen LogP contribution in [0.3, 0.4) is 0 Å². The maximum Gasteiger partial charge on any atom is 0.285 e. The van der Waals surface area contributed by atoms with Crippen LogP contribution in [0.1, 0.15) is 0 Å². The Morgan fingerprint density at radius 2 is 2.14 bits per heavy atom. The maximum atomic E-state index is 11.1. The summed E-state index contributed by atoms with van der Waals surface area (Å²) in [6.07, 6.45) is 5.03. The van der Waals surface area contributed by atoms with Crippen LogP contribution < -0.4 is 11.0 Å². The molecule has 72 valence electrons. The lowest BCUT2D eigenvalue weighted by Crippen LogP contribution is -2.14. The summed E-state index contributed by atoms with van der Waals surface area (Å²) in [6, 6.07) is 3.70. The van der Waals surface area contributed by atoms with Gasteiger partial charge in [0.15, 0.2) is 0 Å². The Labute approximate surface area is 84.3 Å². The van der Waals surface area contributed by atoms with Gasteiger partial charge in [-0.25, -0.2) is 5.10 Å². The standard InChI is InChI=1S/C8H7ClN4O/c9-7-6(5-10-11-8(7)14)12-13-3-1-2-4-13/h1-5H,(H2,11,12,14). The van der Waals surface area contributed by atoms with Gasteiger partial charge < -0.3 is 0 Å². The Morgan fingerprint density at radius 1 is 1.43 bits per heavy atom. The van der Waals surface area contributed by atoms with Gasteiger partial charge in [0.25, 0.3) is 5.56 Å². The second-order valence-corrected chi connectivity index (χ2v) is 3.01. The average Bonchev–Trinajstić information content (AvgIpc) is 2.66. The van der Waals surface area contributed by atoms with E-state index in [-0.39, 0.29) is 5.02 Å². The molecule has 0 aliphatic heterocycles. The first-order chi connectivity index (χ1) is 6.77. The SMILES string of the molecule is O=c1[nH]ncc(Nn2cccc2)c1Cl. The van der Waals surface area contributed by atoms with Crippen LogP contribution in [0.4, 0.5) is 5.69 Å². The zero-order valence-corrected chi connectivity index (χ0v) is 7.82. The third-order valence-corrected chi connectivity index (χ3v) is 2.02. The molecule has 0 amide bonds. The van der Waals surface area contributed by atoms with Gasteiger partial charge in [-0.1, -0.05) is 11.6 Å². The number of hydrogen-bond donors (Lipinski definition) is 2. The van der Waals surface area contributed by atoms with E-state index in [1.807, 2.05) is 12.1 Å². The van der Waals surface area contributed by atoms with Crippen LogP contribution in [0.2, 0.25) is 5.02 Å². The first kappa shape index (κ1) is 8.83. The molecule has 0 aliphatic rings. The fraction of sp³-hybridized carbons (Fsp3) is 0. The molecule has 2 aromatic rings. The highest BCUT2D eigenvalue weighted by Crippen LogP contribution is 2.14. The zero-order valence-electron chi connectivity index (χ0n) is 7.07. The van der Waals surface area contributed by atoms with E-state index in [1.165, 1.54) is 6.20 Å². The molecule has 2 heterocycles. The number of nitrogens with one attached hydrogen (secondary N) is 2. The minimum atomic E-state index is -0.413. The van der Waals surface area contributed by atoms with Crippen LogP contribution in [0.5, 0.6) is 0 Å². The quantitative estimate of drug-likeness (QED) is 0.780. The van der Waals surface area contributed by atoms with Crippen LogP contribution in [0.25, 0.3) is 0 Å². The summed E-state index contributed by atoms with van der Waals surface area (Å²) >= 11 is 5.75. The minimum Gasteiger partial charge on any atom is -0.292 e. The number of H-pyrrole nitrogens is 1. The van der Waals surface area contributed by atoms with Crippen LogP contribution in [-0.4, -0.2) is 14.9 Å². The molecule has 6 heteroatoms. The number of rotatable bonds is 2. The largest absolute Gasteiger partial charge is 0.292 e. The Morgan fingerprint density at radius 3 is 2.86 bits per heavy atom. The van der Waals surface area contributed by atoms with Gasteiger partial charge in [-0.05, 0) is 12.1 Å². The van der Waals surface area contributed by atoms with Gasteiger partial charge in [-0.15, -0.1) is 0 Å². The van der Waals surface area contributed by atoms with E-state index in [9.17, 15) is 4.79 Å². The number of aromatic amines is 1. The van der Waals surface area contributed by atoms with Gasteiger partial charge in [-0.2, -0.15) is 5.10 Å². The lowest BCUT2D eigenvalue weighted by atomic mass is 10.5. The second-order valence-electron chi connectivity index (χ2n) is 2.63. The Kier molecular flexibility index (Phi) is 2.24. The van der Waals surface area contributed by atoms with E-state index in [2.05, 4.69) is 15.6 Å². The van der Waals surface area contributed by atoms with E-state index in [4.69, 9.17) is 11.6 Å². The predicted molar refractivity (Wildman–Crippen MR) is 53.3 cm³/mol. The van der Waals surface area contributed by atoms with Crippen LogP contribution in [-0.2, 0) is 0 Å². The third kappa shape index (κ3) is 1.62. The van der Waals surface area contributed by atoms with Crippen molar-refractivity contribution in [1.82, 2.24) is 14.9 Å². The molecule has 2 N–H and O–H groups in total. The van der Waals surface area contributed by atoms with E-state index >= 15 is 0 Å². The lowest BCUT2D eigenvalue weighted by molar-refractivity contribution is 0.937. The monoisotopic (exact) mass is 210 g/mol.